The van der Waals surface area contributed by atoms with Crippen LogP contribution in [0.5, 0.6) is 0 Å². The Morgan fingerprint density at radius 3 is 2.32 bits per heavy atom. The summed E-state index contributed by atoms with van der Waals surface area (Å²) in [5.74, 6) is 2.85. The SMILES string of the molecule is N#Cc1cncc(SC23CC4CC(CC(C4)C2)C3)n1. The normalized spacial score (nSPS) is 39.2. The van der Waals surface area contributed by atoms with Gasteiger partial charge in [-0.25, -0.2) is 4.98 Å². The predicted molar refractivity (Wildman–Crippen MR) is 73.5 cm³/mol. The molecular formula is C15H17N3S. The smallest absolute Gasteiger partial charge is 0.160 e. The number of rotatable bonds is 2. The van der Waals surface area contributed by atoms with Gasteiger partial charge >= 0.3 is 0 Å². The molecule has 1 aromatic rings. The van der Waals surface area contributed by atoms with Crippen LogP contribution in [0.4, 0.5) is 0 Å². The zero-order valence-corrected chi connectivity index (χ0v) is 11.7. The van der Waals surface area contributed by atoms with E-state index in [4.69, 9.17) is 5.26 Å². The summed E-state index contributed by atoms with van der Waals surface area (Å²) in [7, 11) is 0. The van der Waals surface area contributed by atoms with Crippen molar-refractivity contribution in [2.75, 3.05) is 0 Å². The zero-order valence-electron chi connectivity index (χ0n) is 10.9. The number of hydrogen-bond acceptors (Lipinski definition) is 4. The third-order valence-electron chi connectivity index (χ3n) is 5.03. The van der Waals surface area contributed by atoms with E-state index in [1.165, 1.54) is 38.5 Å². The lowest BCUT2D eigenvalue weighted by Crippen LogP contribution is -2.48. The van der Waals surface area contributed by atoms with Gasteiger partial charge in [0.15, 0.2) is 5.69 Å². The highest BCUT2D eigenvalue weighted by atomic mass is 32.2. The summed E-state index contributed by atoms with van der Waals surface area (Å²) in [6.45, 7) is 0. The van der Waals surface area contributed by atoms with E-state index in [0.717, 1.165) is 22.8 Å². The first-order valence-electron chi connectivity index (χ1n) is 7.16. The maximum absolute atomic E-state index is 8.93. The quantitative estimate of drug-likeness (QED) is 0.827. The highest BCUT2D eigenvalue weighted by molar-refractivity contribution is 8.00. The van der Waals surface area contributed by atoms with Gasteiger partial charge in [0.25, 0.3) is 0 Å². The second-order valence-electron chi connectivity index (χ2n) is 6.56. The summed E-state index contributed by atoms with van der Waals surface area (Å²) in [6.07, 6.45) is 11.8. The largest absolute Gasteiger partial charge is 0.259 e. The van der Waals surface area contributed by atoms with Gasteiger partial charge in [0, 0.05) is 4.75 Å². The van der Waals surface area contributed by atoms with Gasteiger partial charge in [-0.15, -0.1) is 0 Å². The molecule has 0 amide bonds. The maximum atomic E-state index is 8.93. The Morgan fingerprint density at radius 2 is 1.74 bits per heavy atom. The Bertz CT molecular complexity index is 513. The average Bonchev–Trinajstić information content (AvgIpc) is 2.36. The molecule has 4 saturated carbocycles. The molecule has 0 aliphatic heterocycles. The first-order chi connectivity index (χ1) is 9.25. The van der Waals surface area contributed by atoms with Gasteiger partial charge < -0.3 is 0 Å². The van der Waals surface area contributed by atoms with Crippen molar-refractivity contribution in [3.63, 3.8) is 0 Å². The molecule has 1 aromatic heterocycles. The monoisotopic (exact) mass is 271 g/mol. The van der Waals surface area contributed by atoms with Gasteiger partial charge in [0.05, 0.1) is 12.4 Å². The molecule has 4 bridgehead atoms. The fraction of sp³-hybridized carbons (Fsp3) is 0.667. The molecule has 0 unspecified atom stereocenters. The summed E-state index contributed by atoms with van der Waals surface area (Å²) in [5.41, 5.74) is 0.440. The lowest BCUT2D eigenvalue weighted by Gasteiger charge is -2.56. The molecule has 1 heterocycles. The second-order valence-corrected chi connectivity index (χ2v) is 8.05. The summed E-state index contributed by atoms with van der Waals surface area (Å²) in [6, 6.07) is 2.09. The molecule has 0 saturated heterocycles. The van der Waals surface area contributed by atoms with Crippen LogP contribution in [-0.4, -0.2) is 14.7 Å². The van der Waals surface area contributed by atoms with Crippen molar-refractivity contribution >= 4 is 11.8 Å². The zero-order chi connectivity index (χ0) is 12.9. The fourth-order valence-electron chi connectivity index (χ4n) is 4.83. The third-order valence-corrected chi connectivity index (χ3v) is 6.37. The maximum Gasteiger partial charge on any atom is 0.160 e. The predicted octanol–water partition coefficient (Wildman–Crippen LogP) is 3.41. The van der Waals surface area contributed by atoms with Gasteiger partial charge in [-0.1, -0.05) is 11.8 Å². The van der Waals surface area contributed by atoms with E-state index < -0.39 is 0 Å². The van der Waals surface area contributed by atoms with Crippen LogP contribution >= 0.6 is 11.8 Å². The molecule has 4 heteroatoms. The molecule has 0 spiro atoms. The Morgan fingerprint density at radius 1 is 1.11 bits per heavy atom. The van der Waals surface area contributed by atoms with Crippen molar-refractivity contribution < 1.29 is 0 Å². The van der Waals surface area contributed by atoms with Crippen molar-refractivity contribution in [1.29, 1.82) is 5.26 Å². The number of thioether (sulfide) groups is 1. The molecule has 0 radical (unpaired) electrons. The Kier molecular flexibility index (Phi) is 2.60. The summed E-state index contributed by atoms with van der Waals surface area (Å²) < 4.78 is 0.400. The minimum Gasteiger partial charge on any atom is -0.259 e. The van der Waals surface area contributed by atoms with Crippen LogP contribution in [0.3, 0.4) is 0 Å². The van der Waals surface area contributed by atoms with E-state index >= 15 is 0 Å². The first kappa shape index (κ1) is 11.7. The van der Waals surface area contributed by atoms with Crippen LogP contribution in [0.25, 0.3) is 0 Å². The summed E-state index contributed by atoms with van der Waals surface area (Å²) in [4.78, 5) is 8.55. The van der Waals surface area contributed by atoms with Gasteiger partial charge in [-0.2, -0.15) is 5.26 Å². The van der Waals surface area contributed by atoms with Crippen molar-refractivity contribution in [3.05, 3.63) is 18.1 Å². The van der Waals surface area contributed by atoms with Gasteiger partial charge in [0.1, 0.15) is 11.1 Å². The molecular weight excluding hydrogens is 254 g/mol. The molecule has 19 heavy (non-hydrogen) atoms. The summed E-state index contributed by atoms with van der Waals surface area (Å²) in [5, 5.41) is 9.88. The molecule has 4 aliphatic rings. The van der Waals surface area contributed by atoms with Crippen LogP contribution < -0.4 is 0 Å². The molecule has 5 rings (SSSR count). The number of aromatic nitrogens is 2. The third kappa shape index (κ3) is 2.04. The number of hydrogen-bond donors (Lipinski definition) is 0. The van der Waals surface area contributed by atoms with Crippen molar-refractivity contribution in [3.8, 4) is 6.07 Å². The second kappa shape index (κ2) is 4.21. The molecule has 0 aromatic carbocycles. The minimum absolute atomic E-state index is 0.400. The summed E-state index contributed by atoms with van der Waals surface area (Å²) >= 11 is 1.91. The van der Waals surface area contributed by atoms with Crippen molar-refractivity contribution in [1.82, 2.24) is 9.97 Å². The molecule has 4 fully saturated rings. The van der Waals surface area contributed by atoms with Crippen molar-refractivity contribution in [2.24, 2.45) is 17.8 Å². The fourth-order valence-corrected chi connectivity index (χ4v) is 6.49. The molecule has 0 N–H and O–H groups in total. The van der Waals surface area contributed by atoms with Crippen LogP contribution in [0, 0.1) is 29.1 Å². The van der Waals surface area contributed by atoms with E-state index in [0.29, 0.717) is 10.4 Å². The molecule has 3 nitrogen and oxygen atoms in total. The van der Waals surface area contributed by atoms with Crippen LogP contribution in [0.1, 0.15) is 44.2 Å². The topological polar surface area (TPSA) is 49.6 Å². The van der Waals surface area contributed by atoms with E-state index in [1.807, 2.05) is 18.0 Å². The van der Waals surface area contributed by atoms with E-state index in [-0.39, 0.29) is 0 Å². The Balaban J connectivity index is 1.60. The highest BCUT2D eigenvalue weighted by Crippen LogP contribution is 2.61. The first-order valence-corrected chi connectivity index (χ1v) is 7.97. The standard InChI is InChI=1S/C15H17N3S/c16-7-13-8-17-9-14(18-13)19-15-4-10-1-11(5-15)3-12(2-10)6-15/h8-12H,1-6H2. The van der Waals surface area contributed by atoms with E-state index in [1.54, 1.807) is 6.20 Å². The number of nitriles is 1. The van der Waals surface area contributed by atoms with Gasteiger partial charge in [-0.3, -0.25) is 4.98 Å². The molecule has 98 valence electrons. The molecule has 0 atom stereocenters. The van der Waals surface area contributed by atoms with E-state index in [9.17, 15) is 0 Å². The van der Waals surface area contributed by atoms with Crippen LogP contribution in [0.15, 0.2) is 17.4 Å². The van der Waals surface area contributed by atoms with Gasteiger partial charge in [0.2, 0.25) is 0 Å². The van der Waals surface area contributed by atoms with Crippen LogP contribution in [0.2, 0.25) is 0 Å². The minimum atomic E-state index is 0.400. The average molecular weight is 271 g/mol. The Labute approximate surface area is 117 Å². The highest BCUT2D eigenvalue weighted by Gasteiger charge is 2.51. The Hall–Kier alpha value is -1.08. The number of nitrogens with zero attached hydrogens (tertiary/aromatic N) is 3. The van der Waals surface area contributed by atoms with Crippen molar-refractivity contribution in [2.45, 2.75) is 48.3 Å². The lowest BCUT2D eigenvalue weighted by molar-refractivity contribution is 0.0383. The molecule has 4 aliphatic carbocycles. The lowest BCUT2D eigenvalue weighted by atomic mass is 9.56. The van der Waals surface area contributed by atoms with Crippen LogP contribution in [-0.2, 0) is 0 Å². The van der Waals surface area contributed by atoms with Gasteiger partial charge in [-0.05, 0) is 56.3 Å². The van der Waals surface area contributed by atoms with E-state index in [2.05, 4.69) is 16.0 Å².